The molecule has 0 fully saturated rings. The molecule has 3 amide bonds. The number of para-hydroxylation sites is 1. The number of nitrogens with one attached hydrogen (secondary N) is 2. The van der Waals surface area contributed by atoms with Gasteiger partial charge in [-0.2, -0.15) is 0 Å². The van der Waals surface area contributed by atoms with Crippen LogP contribution in [0.3, 0.4) is 0 Å². The molecule has 3 rings (SSSR count). The molecule has 0 radical (unpaired) electrons. The summed E-state index contributed by atoms with van der Waals surface area (Å²) in [5.41, 5.74) is 1.36. The van der Waals surface area contributed by atoms with Gasteiger partial charge in [-0.05, 0) is 36.4 Å². The van der Waals surface area contributed by atoms with Gasteiger partial charge in [0.1, 0.15) is 0 Å². The molecule has 2 aromatic rings. The summed E-state index contributed by atoms with van der Waals surface area (Å²) in [7, 11) is 1.54. The van der Waals surface area contributed by atoms with Gasteiger partial charge in [0.25, 0.3) is 0 Å². The zero-order valence-corrected chi connectivity index (χ0v) is 16.1. The molecular weight excluding hydrogens is 386 g/mol. The summed E-state index contributed by atoms with van der Waals surface area (Å²) in [6.45, 7) is -0.100. The van der Waals surface area contributed by atoms with E-state index in [2.05, 4.69) is 10.6 Å². The maximum Gasteiger partial charge on any atom is 0.243 e. The van der Waals surface area contributed by atoms with Crippen molar-refractivity contribution in [3.63, 3.8) is 0 Å². The van der Waals surface area contributed by atoms with Crippen molar-refractivity contribution in [3.8, 4) is 0 Å². The second-order valence-corrected chi connectivity index (χ2v) is 7.78. The maximum atomic E-state index is 12.4. The molecule has 6 nitrogen and oxygen atoms in total. The molecule has 1 atom stereocenters. The van der Waals surface area contributed by atoms with Gasteiger partial charge in [0.05, 0.1) is 17.5 Å². The molecule has 2 N–H and O–H groups in total. The third kappa shape index (κ3) is 5.02. The summed E-state index contributed by atoms with van der Waals surface area (Å²) >= 11 is 7.17. The van der Waals surface area contributed by atoms with Crippen molar-refractivity contribution in [2.45, 2.75) is 16.6 Å². The quantitative estimate of drug-likeness (QED) is 0.803. The van der Waals surface area contributed by atoms with Crippen LogP contribution in [0.5, 0.6) is 0 Å². The molecule has 0 aromatic heterocycles. The Morgan fingerprint density at radius 2 is 1.89 bits per heavy atom. The van der Waals surface area contributed by atoms with Crippen molar-refractivity contribution in [1.82, 2.24) is 4.90 Å². The zero-order chi connectivity index (χ0) is 19.4. The van der Waals surface area contributed by atoms with E-state index in [9.17, 15) is 14.4 Å². The molecule has 8 heteroatoms. The highest BCUT2D eigenvalue weighted by Gasteiger charge is 2.30. The molecule has 0 aliphatic carbocycles. The van der Waals surface area contributed by atoms with Crippen molar-refractivity contribution < 1.29 is 14.4 Å². The molecule has 0 unspecified atom stereocenters. The zero-order valence-electron chi connectivity index (χ0n) is 14.6. The first-order valence-corrected chi connectivity index (χ1v) is 9.54. The highest BCUT2D eigenvalue weighted by atomic mass is 35.5. The Hall–Kier alpha value is -2.51. The van der Waals surface area contributed by atoms with Gasteiger partial charge in [-0.15, -0.1) is 11.8 Å². The Labute approximate surface area is 166 Å². The van der Waals surface area contributed by atoms with E-state index in [4.69, 9.17) is 11.6 Å². The molecule has 1 heterocycles. The molecule has 140 valence electrons. The highest BCUT2D eigenvalue weighted by Crippen LogP contribution is 2.36. The van der Waals surface area contributed by atoms with Crippen LogP contribution >= 0.6 is 23.4 Å². The number of anilines is 2. The predicted octanol–water partition coefficient (Wildman–Crippen LogP) is 3.24. The van der Waals surface area contributed by atoms with Crippen LogP contribution in [0.1, 0.15) is 6.42 Å². The number of thioether (sulfide) groups is 1. The lowest BCUT2D eigenvalue weighted by atomic mass is 10.2. The fourth-order valence-electron chi connectivity index (χ4n) is 2.58. The van der Waals surface area contributed by atoms with E-state index in [1.807, 2.05) is 24.3 Å². The summed E-state index contributed by atoms with van der Waals surface area (Å²) in [6, 6.07) is 14.2. The van der Waals surface area contributed by atoms with Crippen LogP contribution in [0.2, 0.25) is 5.02 Å². The summed E-state index contributed by atoms with van der Waals surface area (Å²) in [5.74, 6) is -0.793. The van der Waals surface area contributed by atoms with Gasteiger partial charge in [0.2, 0.25) is 17.7 Å². The van der Waals surface area contributed by atoms with Gasteiger partial charge in [0, 0.05) is 29.1 Å². The van der Waals surface area contributed by atoms with Crippen molar-refractivity contribution >= 4 is 52.5 Å². The number of amides is 3. The molecular formula is C19H18ClN3O3S. The molecule has 27 heavy (non-hydrogen) atoms. The van der Waals surface area contributed by atoms with Gasteiger partial charge < -0.3 is 15.5 Å². The maximum absolute atomic E-state index is 12.4. The second-order valence-electron chi connectivity index (χ2n) is 6.10. The van der Waals surface area contributed by atoms with E-state index in [0.717, 1.165) is 10.6 Å². The van der Waals surface area contributed by atoms with E-state index < -0.39 is 5.25 Å². The molecule has 1 aliphatic rings. The molecule has 0 saturated heterocycles. The fraction of sp³-hybridized carbons (Fsp3) is 0.211. The first kappa shape index (κ1) is 19.3. The van der Waals surface area contributed by atoms with E-state index in [1.165, 1.54) is 16.7 Å². The lowest BCUT2D eigenvalue weighted by Gasteiger charge is -2.25. The van der Waals surface area contributed by atoms with Crippen LogP contribution in [0.25, 0.3) is 0 Å². The lowest BCUT2D eigenvalue weighted by molar-refractivity contribution is -0.134. The number of halogens is 1. The van der Waals surface area contributed by atoms with Gasteiger partial charge in [-0.3, -0.25) is 14.4 Å². The summed E-state index contributed by atoms with van der Waals surface area (Å²) in [4.78, 5) is 39.0. The monoisotopic (exact) mass is 403 g/mol. The largest absolute Gasteiger partial charge is 0.336 e. The molecule has 0 bridgehead atoms. The molecule has 0 spiro atoms. The minimum atomic E-state index is -0.519. The number of likely N-dealkylation sites (N-methyl/N-ethyl adjacent to an activating group) is 1. The van der Waals surface area contributed by atoms with E-state index in [1.54, 1.807) is 31.3 Å². The summed E-state index contributed by atoms with van der Waals surface area (Å²) < 4.78 is 0. The SMILES string of the molecule is CN(CC(=O)Nc1ccc(Cl)cc1)C(=O)C[C@H]1Sc2ccccc2NC1=O. The fourth-order valence-corrected chi connectivity index (χ4v) is 3.81. The number of nitrogens with zero attached hydrogens (tertiary/aromatic N) is 1. The third-order valence-electron chi connectivity index (χ3n) is 4.00. The molecule has 0 saturated carbocycles. The Balaban J connectivity index is 1.54. The minimum Gasteiger partial charge on any atom is -0.336 e. The average Bonchev–Trinajstić information content (AvgIpc) is 2.64. The highest BCUT2D eigenvalue weighted by molar-refractivity contribution is 8.01. The predicted molar refractivity (Wildman–Crippen MR) is 107 cm³/mol. The second kappa shape index (κ2) is 8.45. The first-order valence-electron chi connectivity index (χ1n) is 8.28. The van der Waals surface area contributed by atoms with Gasteiger partial charge in [0.15, 0.2) is 0 Å². The van der Waals surface area contributed by atoms with Crippen molar-refractivity contribution in [2.75, 3.05) is 24.2 Å². The number of rotatable bonds is 5. The average molecular weight is 404 g/mol. The third-order valence-corrected chi connectivity index (χ3v) is 5.53. The minimum absolute atomic E-state index is 0.0234. The Morgan fingerprint density at radius 3 is 2.63 bits per heavy atom. The van der Waals surface area contributed by atoms with E-state index in [-0.39, 0.29) is 30.7 Å². The summed E-state index contributed by atoms with van der Waals surface area (Å²) in [5, 5.41) is 5.57. The summed E-state index contributed by atoms with van der Waals surface area (Å²) in [6.07, 6.45) is 0.0234. The number of carbonyl (C=O) groups excluding carboxylic acids is 3. The van der Waals surface area contributed by atoms with Gasteiger partial charge in [-0.1, -0.05) is 23.7 Å². The van der Waals surface area contributed by atoms with Crippen LogP contribution in [0.15, 0.2) is 53.4 Å². The van der Waals surface area contributed by atoms with Gasteiger partial charge >= 0.3 is 0 Å². The van der Waals surface area contributed by atoms with Crippen molar-refractivity contribution in [3.05, 3.63) is 53.6 Å². The van der Waals surface area contributed by atoms with Gasteiger partial charge in [-0.25, -0.2) is 0 Å². The molecule has 2 aromatic carbocycles. The lowest BCUT2D eigenvalue weighted by Crippen LogP contribution is -2.39. The van der Waals surface area contributed by atoms with Crippen molar-refractivity contribution in [1.29, 1.82) is 0 Å². The standard InChI is InChI=1S/C19H18ClN3O3S/c1-23(11-17(24)21-13-8-6-12(20)7-9-13)18(25)10-16-19(26)22-14-4-2-3-5-15(14)27-16/h2-9,16H,10-11H2,1H3,(H,21,24)(H,22,26)/t16-/m1/s1. The normalized spacial score (nSPS) is 15.5. The Morgan fingerprint density at radius 1 is 1.19 bits per heavy atom. The van der Waals surface area contributed by atoms with Crippen LogP contribution in [0, 0.1) is 0 Å². The topological polar surface area (TPSA) is 78.5 Å². The number of benzene rings is 2. The van der Waals surface area contributed by atoms with Crippen LogP contribution < -0.4 is 10.6 Å². The number of hydrogen-bond acceptors (Lipinski definition) is 4. The van der Waals surface area contributed by atoms with Crippen molar-refractivity contribution in [2.24, 2.45) is 0 Å². The van der Waals surface area contributed by atoms with E-state index in [0.29, 0.717) is 10.7 Å². The van der Waals surface area contributed by atoms with Crippen LogP contribution in [0.4, 0.5) is 11.4 Å². The number of hydrogen-bond donors (Lipinski definition) is 2. The number of fused-ring (bicyclic) bond motifs is 1. The number of carbonyl (C=O) groups is 3. The Bertz CT molecular complexity index is 873. The smallest absolute Gasteiger partial charge is 0.243 e. The molecule has 1 aliphatic heterocycles. The van der Waals surface area contributed by atoms with Crippen LogP contribution in [-0.4, -0.2) is 41.5 Å². The first-order chi connectivity index (χ1) is 12.9. The van der Waals surface area contributed by atoms with E-state index >= 15 is 0 Å². The Kier molecular flexibility index (Phi) is 6.03. The van der Waals surface area contributed by atoms with Crippen LogP contribution in [-0.2, 0) is 14.4 Å².